The van der Waals surface area contributed by atoms with Gasteiger partial charge in [0, 0.05) is 25.1 Å². The predicted octanol–water partition coefficient (Wildman–Crippen LogP) is 5.46. The molecule has 180 valence electrons. The second-order valence-electron chi connectivity index (χ2n) is 9.26. The third-order valence-electron chi connectivity index (χ3n) is 6.38. The van der Waals surface area contributed by atoms with Crippen LogP contribution in [0.25, 0.3) is 10.2 Å². The van der Waals surface area contributed by atoms with Crippen molar-refractivity contribution in [1.82, 2.24) is 15.2 Å². The van der Waals surface area contributed by atoms with Gasteiger partial charge in [0.05, 0.1) is 10.2 Å². The molecular formula is C27H34N4O2S. The van der Waals surface area contributed by atoms with Crippen LogP contribution in [-0.2, 0) is 11.3 Å². The van der Waals surface area contributed by atoms with Gasteiger partial charge in [-0.05, 0) is 74.5 Å². The van der Waals surface area contributed by atoms with E-state index < -0.39 is 0 Å². The minimum absolute atomic E-state index is 0.00460. The Labute approximate surface area is 205 Å². The van der Waals surface area contributed by atoms with Crippen LogP contribution >= 0.6 is 11.3 Å². The van der Waals surface area contributed by atoms with Crippen LogP contribution in [0.5, 0.6) is 0 Å². The second kappa shape index (κ2) is 12.1. The highest BCUT2D eigenvalue weighted by Gasteiger charge is 2.16. The van der Waals surface area contributed by atoms with Gasteiger partial charge in [0.15, 0.2) is 5.13 Å². The molecular weight excluding hydrogens is 444 g/mol. The highest BCUT2D eigenvalue weighted by Crippen LogP contribution is 2.28. The summed E-state index contributed by atoms with van der Waals surface area (Å²) >= 11 is 1.54. The van der Waals surface area contributed by atoms with Crippen molar-refractivity contribution < 1.29 is 9.59 Å². The fourth-order valence-corrected chi connectivity index (χ4v) is 5.21. The second-order valence-corrected chi connectivity index (χ2v) is 10.3. The summed E-state index contributed by atoms with van der Waals surface area (Å²) in [5.41, 5.74) is 2.92. The summed E-state index contributed by atoms with van der Waals surface area (Å²) in [7, 11) is 0. The van der Waals surface area contributed by atoms with Crippen molar-refractivity contribution in [2.45, 2.75) is 52.0 Å². The van der Waals surface area contributed by atoms with Crippen LogP contribution in [0.1, 0.15) is 61.4 Å². The first kappa shape index (κ1) is 24.4. The number of thiazole rings is 1. The number of hydrogen-bond donors (Lipinski definition) is 2. The number of benzene rings is 2. The Balaban J connectivity index is 1.16. The number of unbranched alkanes of at least 4 members (excludes halogenated alkanes) is 2. The van der Waals surface area contributed by atoms with Crippen LogP contribution in [0.15, 0.2) is 48.5 Å². The van der Waals surface area contributed by atoms with E-state index in [4.69, 9.17) is 0 Å². The molecule has 0 unspecified atom stereocenters. The van der Waals surface area contributed by atoms with E-state index in [-0.39, 0.29) is 11.8 Å². The van der Waals surface area contributed by atoms with Crippen LogP contribution in [0.4, 0.5) is 5.13 Å². The zero-order valence-electron chi connectivity index (χ0n) is 19.9. The molecule has 0 atom stereocenters. The first-order chi connectivity index (χ1) is 16.6. The quantitative estimate of drug-likeness (QED) is 0.380. The maximum atomic E-state index is 12.4. The molecule has 2 amide bonds. The molecule has 2 N–H and O–H groups in total. The lowest BCUT2D eigenvalue weighted by Gasteiger charge is -2.30. The maximum absolute atomic E-state index is 12.4. The summed E-state index contributed by atoms with van der Waals surface area (Å²) < 4.78 is 1.12. The first-order valence-corrected chi connectivity index (χ1v) is 13.1. The van der Waals surface area contributed by atoms with Crippen molar-refractivity contribution in [3.8, 4) is 0 Å². The molecule has 1 fully saturated rings. The van der Waals surface area contributed by atoms with E-state index >= 15 is 0 Å². The van der Waals surface area contributed by atoms with Crippen molar-refractivity contribution in [1.29, 1.82) is 0 Å². The van der Waals surface area contributed by atoms with Crippen molar-refractivity contribution in [3.05, 3.63) is 59.7 Å². The average Bonchev–Trinajstić information content (AvgIpc) is 3.24. The molecule has 0 bridgehead atoms. The van der Waals surface area contributed by atoms with E-state index in [1.165, 1.54) is 31.5 Å². The van der Waals surface area contributed by atoms with E-state index in [9.17, 15) is 9.59 Å². The highest BCUT2D eigenvalue weighted by atomic mass is 32.1. The van der Waals surface area contributed by atoms with Crippen LogP contribution in [-0.4, -0.2) is 41.3 Å². The molecule has 2 aromatic carbocycles. The Morgan fingerprint density at radius 1 is 1.06 bits per heavy atom. The zero-order valence-corrected chi connectivity index (χ0v) is 20.7. The number of aromatic nitrogens is 1. The number of fused-ring (bicyclic) bond motifs is 1. The number of carbonyl (C=O) groups excluding carboxylic acids is 2. The molecule has 1 aromatic heterocycles. The Morgan fingerprint density at radius 3 is 2.65 bits per heavy atom. The molecule has 1 aliphatic heterocycles. The molecule has 2 heterocycles. The number of likely N-dealkylation sites (tertiary alicyclic amines) is 1. The van der Waals surface area contributed by atoms with Crippen LogP contribution in [0.3, 0.4) is 0 Å². The molecule has 3 aromatic rings. The predicted molar refractivity (Wildman–Crippen MR) is 139 cm³/mol. The normalized spacial score (nSPS) is 14.9. The van der Waals surface area contributed by atoms with Gasteiger partial charge < -0.3 is 10.6 Å². The first-order valence-electron chi connectivity index (χ1n) is 12.3. The Bertz CT molecular complexity index is 1090. The number of carbonyl (C=O) groups is 2. The number of piperidine rings is 1. The van der Waals surface area contributed by atoms with Crippen LogP contribution in [0, 0.1) is 5.92 Å². The standard InChI is InChI=1S/C27H34N4O2S/c1-20-13-16-31(17-14-20)19-21-11-12-23-24(18-21)34-27(29-23)30-25(32)10-6-3-7-15-28-26(33)22-8-4-2-5-9-22/h2,4-5,8-9,11-12,18,20H,3,6-7,10,13-17,19H2,1H3,(H,28,33)(H,29,30,32). The third kappa shape index (κ3) is 7.11. The molecule has 6 nitrogen and oxygen atoms in total. The number of hydrogen-bond acceptors (Lipinski definition) is 5. The minimum Gasteiger partial charge on any atom is -0.352 e. The van der Waals surface area contributed by atoms with Crippen molar-refractivity contribution in [2.75, 3.05) is 25.0 Å². The summed E-state index contributed by atoms with van der Waals surface area (Å²) in [4.78, 5) is 31.5. The van der Waals surface area contributed by atoms with Crippen molar-refractivity contribution >= 4 is 38.5 Å². The van der Waals surface area contributed by atoms with Crippen LogP contribution in [0.2, 0.25) is 0 Å². The van der Waals surface area contributed by atoms with Gasteiger partial charge >= 0.3 is 0 Å². The fourth-order valence-electron chi connectivity index (χ4n) is 4.26. The molecule has 0 aliphatic carbocycles. The van der Waals surface area contributed by atoms with Gasteiger partial charge in [0.25, 0.3) is 5.91 Å². The molecule has 7 heteroatoms. The molecule has 1 saturated heterocycles. The van der Waals surface area contributed by atoms with Gasteiger partial charge in [0.1, 0.15) is 0 Å². The smallest absolute Gasteiger partial charge is 0.251 e. The molecule has 0 saturated carbocycles. The SMILES string of the molecule is CC1CCN(Cc2ccc3nc(NC(=O)CCCCCNC(=O)c4ccccc4)sc3c2)CC1. The zero-order chi connectivity index (χ0) is 23.8. The molecule has 0 radical (unpaired) electrons. The van der Waals surface area contributed by atoms with E-state index in [0.29, 0.717) is 23.7 Å². The summed E-state index contributed by atoms with van der Waals surface area (Å²) in [6.45, 7) is 6.27. The summed E-state index contributed by atoms with van der Waals surface area (Å²) in [6.07, 6.45) is 5.55. The Morgan fingerprint density at radius 2 is 1.85 bits per heavy atom. The van der Waals surface area contributed by atoms with E-state index in [2.05, 4.69) is 45.6 Å². The lowest BCUT2D eigenvalue weighted by atomic mass is 9.99. The summed E-state index contributed by atoms with van der Waals surface area (Å²) in [5, 5.41) is 6.54. The number of nitrogens with zero attached hydrogens (tertiary/aromatic N) is 2. The largest absolute Gasteiger partial charge is 0.352 e. The highest BCUT2D eigenvalue weighted by molar-refractivity contribution is 7.22. The summed E-state index contributed by atoms with van der Waals surface area (Å²) in [5.74, 6) is 0.782. The van der Waals surface area contributed by atoms with Gasteiger partial charge in [-0.3, -0.25) is 14.5 Å². The topological polar surface area (TPSA) is 74.3 Å². The molecule has 4 rings (SSSR count). The number of nitrogens with one attached hydrogen (secondary N) is 2. The lowest BCUT2D eigenvalue weighted by molar-refractivity contribution is -0.116. The minimum atomic E-state index is -0.0529. The van der Waals surface area contributed by atoms with Crippen LogP contribution < -0.4 is 10.6 Å². The van der Waals surface area contributed by atoms with Gasteiger partial charge in [-0.15, -0.1) is 0 Å². The van der Waals surface area contributed by atoms with Crippen molar-refractivity contribution in [3.63, 3.8) is 0 Å². The Hall–Kier alpha value is -2.77. The fraction of sp³-hybridized carbons (Fsp3) is 0.444. The van der Waals surface area contributed by atoms with Gasteiger partial charge in [-0.25, -0.2) is 4.98 Å². The average molecular weight is 479 g/mol. The van der Waals surface area contributed by atoms with E-state index in [1.54, 1.807) is 23.5 Å². The lowest BCUT2D eigenvalue weighted by Crippen LogP contribution is -2.32. The number of rotatable bonds is 10. The molecule has 0 spiro atoms. The monoisotopic (exact) mass is 478 g/mol. The van der Waals surface area contributed by atoms with Gasteiger partial charge in [-0.1, -0.05) is 48.9 Å². The summed E-state index contributed by atoms with van der Waals surface area (Å²) in [6, 6.07) is 15.6. The number of anilines is 1. The number of amides is 2. The third-order valence-corrected chi connectivity index (χ3v) is 7.32. The van der Waals surface area contributed by atoms with Gasteiger partial charge in [0.2, 0.25) is 5.91 Å². The Kier molecular flexibility index (Phi) is 8.66. The van der Waals surface area contributed by atoms with Gasteiger partial charge in [-0.2, -0.15) is 0 Å². The van der Waals surface area contributed by atoms with E-state index in [0.717, 1.165) is 41.9 Å². The van der Waals surface area contributed by atoms with Crippen molar-refractivity contribution in [2.24, 2.45) is 5.92 Å². The maximum Gasteiger partial charge on any atom is 0.251 e. The molecule has 34 heavy (non-hydrogen) atoms. The molecule has 1 aliphatic rings. The van der Waals surface area contributed by atoms with E-state index in [1.807, 2.05) is 18.2 Å².